The normalized spacial score (nSPS) is 15.9. The van der Waals surface area contributed by atoms with Crippen LogP contribution in [-0.2, 0) is 6.54 Å². The van der Waals surface area contributed by atoms with Crippen LogP contribution in [0, 0.1) is 6.92 Å². The van der Waals surface area contributed by atoms with E-state index < -0.39 is 6.10 Å². The molecule has 0 bridgehead atoms. The van der Waals surface area contributed by atoms with Gasteiger partial charge in [-0.15, -0.1) is 12.4 Å². The van der Waals surface area contributed by atoms with Crippen molar-refractivity contribution in [2.75, 3.05) is 6.61 Å². The standard InChI is InChI=1S/C23H28N2O2.ClH/c1-17-11-13-20(14-12-17)27-16-19(26)15-25-22-10-6-5-9-21(22)24-23(25)18-7-3-2-4-8-18;/h5-6,9-14,18-19,26H,2-4,7-8,15-16H2,1H3;1H. The largest absolute Gasteiger partial charge is 0.491 e. The molecule has 0 spiro atoms. The van der Waals surface area contributed by atoms with Gasteiger partial charge >= 0.3 is 0 Å². The summed E-state index contributed by atoms with van der Waals surface area (Å²) in [6, 6.07) is 16.2. The highest BCUT2D eigenvalue weighted by Gasteiger charge is 2.23. The van der Waals surface area contributed by atoms with Crippen molar-refractivity contribution in [3.63, 3.8) is 0 Å². The molecule has 5 heteroatoms. The summed E-state index contributed by atoms with van der Waals surface area (Å²) in [5, 5.41) is 10.6. The molecule has 1 aromatic heterocycles. The van der Waals surface area contributed by atoms with Gasteiger partial charge < -0.3 is 14.4 Å². The van der Waals surface area contributed by atoms with Gasteiger partial charge in [0.2, 0.25) is 0 Å². The second-order valence-electron chi connectivity index (χ2n) is 7.68. The van der Waals surface area contributed by atoms with Crippen molar-refractivity contribution in [3.05, 3.63) is 59.9 Å². The molecule has 28 heavy (non-hydrogen) atoms. The maximum absolute atomic E-state index is 10.6. The topological polar surface area (TPSA) is 47.3 Å². The van der Waals surface area contributed by atoms with E-state index >= 15 is 0 Å². The summed E-state index contributed by atoms with van der Waals surface area (Å²) in [5.41, 5.74) is 3.32. The Bertz CT molecular complexity index is 885. The number of ether oxygens (including phenoxy) is 1. The van der Waals surface area contributed by atoms with E-state index in [-0.39, 0.29) is 19.0 Å². The van der Waals surface area contributed by atoms with Crippen molar-refractivity contribution in [3.8, 4) is 5.75 Å². The molecule has 1 saturated carbocycles. The molecule has 1 aliphatic rings. The van der Waals surface area contributed by atoms with Crippen molar-refractivity contribution >= 4 is 23.4 Å². The Kier molecular flexibility index (Phi) is 6.97. The lowest BCUT2D eigenvalue weighted by molar-refractivity contribution is 0.0922. The molecule has 2 aromatic carbocycles. The fourth-order valence-corrected chi connectivity index (χ4v) is 4.05. The summed E-state index contributed by atoms with van der Waals surface area (Å²) >= 11 is 0. The van der Waals surface area contributed by atoms with Crippen molar-refractivity contribution in [2.45, 2.75) is 57.6 Å². The number of hydrogen-bond donors (Lipinski definition) is 1. The molecule has 3 aromatic rings. The number of nitrogens with zero attached hydrogens (tertiary/aromatic N) is 2. The van der Waals surface area contributed by atoms with Crippen LogP contribution < -0.4 is 4.74 Å². The minimum atomic E-state index is -0.578. The predicted octanol–water partition coefficient (Wildman–Crippen LogP) is 5.25. The van der Waals surface area contributed by atoms with Crippen LogP contribution in [0.2, 0.25) is 0 Å². The highest BCUT2D eigenvalue weighted by atomic mass is 35.5. The van der Waals surface area contributed by atoms with Crippen LogP contribution in [0.25, 0.3) is 11.0 Å². The number of aromatic nitrogens is 2. The Morgan fingerprint density at radius 2 is 1.79 bits per heavy atom. The van der Waals surface area contributed by atoms with Gasteiger partial charge in [0.1, 0.15) is 24.3 Å². The van der Waals surface area contributed by atoms with Crippen molar-refractivity contribution in [1.29, 1.82) is 0 Å². The third-order valence-electron chi connectivity index (χ3n) is 5.51. The molecular weight excluding hydrogens is 372 g/mol. The summed E-state index contributed by atoms with van der Waals surface area (Å²) in [4.78, 5) is 4.93. The summed E-state index contributed by atoms with van der Waals surface area (Å²) in [7, 11) is 0. The summed E-state index contributed by atoms with van der Waals surface area (Å²) < 4.78 is 8.00. The van der Waals surface area contributed by atoms with Gasteiger partial charge in [-0.2, -0.15) is 0 Å². The van der Waals surface area contributed by atoms with Gasteiger partial charge in [-0.3, -0.25) is 0 Å². The van der Waals surface area contributed by atoms with E-state index in [4.69, 9.17) is 9.72 Å². The number of rotatable bonds is 6. The minimum absolute atomic E-state index is 0. The van der Waals surface area contributed by atoms with Crippen LogP contribution in [0.1, 0.15) is 49.4 Å². The smallest absolute Gasteiger partial charge is 0.119 e. The zero-order valence-corrected chi connectivity index (χ0v) is 17.2. The fraction of sp³-hybridized carbons (Fsp3) is 0.435. The molecule has 1 aliphatic carbocycles. The van der Waals surface area contributed by atoms with Gasteiger partial charge in [-0.05, 0) is 44.0 Å². The number of benzene rings is 2. The fourth-order valence-electron chi connectivity index (χ4n) is 4.05. The monoisotopic (exact) mass is 400 g/mol. The number of halogens is 1. The van der Waals surface area contributed by atoms with Gasteiger partial charge in [-0.1, -0.05) is 49.1 Å². The molecule has 1 unspecified atom stereocenters. The molecule has 1 heterocycles. The second-order valence-corrected chi connectivity index (χ2v) is 7.68. The molecule has 0 amide bonds. The lowest BCUT2D eigenvalue weighted by Gasteiger charge is -2.23. The number of aliphatic hydroxyl groups excluding tert-OH is 1. The Balaban J connectivity index is 0.00000225. The van der Waals surface area contributed by atoms with Gasteiger partial charge in [-0.25, -0.2) is 4.98 Å². The van der Waals surface area contributed by atoms with Gasteiger partial charge in [0.05, 0.1) is 17.6 Å². The van der Waals surface area contributed by atoms with Crippen LogP contribution >= 0.6 is 12.4 Å². The van der Waals surface area contributed by atoms with E-state index in [2.05, 4.69) is 23.6 Å². The number of imidazole rings is 1. The first-order chi connectivity index (χ1) is 13.2. The maximum atomic E-state index is 10.6. The highest BCUT2D eigenvalue weighted by Crippen LogP contribution is 2.34. The van der Waals surface area contributed by atoms with E-state index in [0.29, 0.717) is 12.5 Å². The van der Waals surface area contributed by atoms with Gasteiger partial charge in [0.25, 0.3) is 0 Å². The minimum Gasteiger partial charge on any atom is -0.491 e. The van der Waals surface area contributed by atoms with Crippen molar-refractivity contribution in [1.82, 2.24) is 9.55 Å². The quantitative estimate of drug-likeness (QED) is 0.614. The molecular formula is C23H29ClN2O2. The van der Waals surface area contributed by atoms with E-state index in [1.54, 1.807) is 0 Å². The Morgan fingerprint density at radius 3 is 2.54 bits per heavy atom. The maximum Gasteiger partial charge on any atom is 0.119 e. The highest BCUT2D eigenvalue weighted by molar-refractivity contribution is 5.85. The Morgan fingerprint density at radius 1 is 1.07 bits per heavy atom. The molecule has 1 fully saturated rings. The lowest BCUT2D eigenvalue weighted by Crippen LogP contribution is -2.25. The zero-order chi connectivity index (χ0) is 18.6. The van der Waals surface area contributed by atoms with Crippen molar-refractivity contribution < 1.29 is 9.84 Å². The second kappa shape index (κ2) is 9.44. The Labute approximate surface area is 173 Å². The van der Waals surface area contributed by atoms with Crippen LogP contribution in [0.4, 0.5) is 0 Å². The molecule has 1 atom stereocenters. The van der Waals surface area contributed by atoms with Crippen LogP contribution in [0.5, 0.6) is 5.75 Å². The number of fused-ring (bicyclic) bond motifs is 1. The Hall–Kier alpha value is -2.04. The average Bonchev–Trinajstić information content (AvgIpc) is 3.07. The molecule has 0 radical (unpaired) electrons. The molecule has 4 nitrogen and oxygen atoms in total. The molecule has 150 valence electrons. The number of aliphatic hydroxyl groups is 1. The SMILES string of the molecule is Cc1ccc(OCC(O)Cn2c(C3CCCCC3)nc3ccccc32)cc1.Cl. The molecule has 0 aliphatic heterocycles. The summed E-state index contributed by atoms with van der Waals surface area (Å²) in [5.74, 6) is 2.42. The van der Waals surface area contributed by atoms with Crippen LogP contribution in [0.15, 0.2) is 48.5 Å². The zero-order valence-electron chi connectivity index (χ0n) is 16.4. The molecule has 4 rings (SSSR count). The van der Waals surface area contributed by atoms with Crippen LogP contribution in [0.3, 0.4) is 0 Å². The van der Waals surface area contributed by atoms with E-state index in [0.717, 1.165) is 22.6 Å². The summed E-state index contributed by atoms with van der Waals surface area (Å²) in [6.07, 6.45) is 5.67. The van der Waals surface area contributed by atoms with Gasteiger partial charge in [0.15, 0.2) is 0 Å². The van der Waals surface area contributed by atoms with E-state index in [1.807, 2.05) is 36.4 Å². The van der Waals surface area contributed by atoms with Crippen LogP contribution in [-0.4, -0.2) is 27.4 Å². The third kappa shape index (κ3) is 4.68. The predicted molar refractivity (Wildman–Crippen MR) is 115 cm³/mol. The van der Waals surface area contributed by atoms with E-state index in [9.17, 15) is 5.11 Å². The number of aryl methyl sites for hydroxylation is 1. The first-order valence-corrected chi connectivity index (χ1v) is 10.0. The van der Waals surface area contributed by atoms with Gasteiger partial charge in [0, 0.05) is 5.92 Å². The average molecular weight is 401 g/mol. The molecule has 1 N–H and O–H groups in total. The first kappa shape index (κ1) is 20.7. The molecule has 0 saturated heterocycles. The number of hydrogen-bond acceptors (Lipinski definition) is 3. The van der Waals surface area contributed by atoms with Crippen molar-refractivity contribution in [2.24, 2.45) is 0 Å². The first-order valence-electron chi connectivity index (χ1n) is 10.0. The third-order valence-corrected chi connectivity index (χ3v) is 5.51. The lowest BCUT2D eigenvalue weighted by atomic mass is 9.88. The summed E-state index contributed by atoms with van der Waals surface area (Å²) in [6.45, 7) is 2.84. The van der Waals surface area contributed by atoms with E-state index in [1.165, 1.54) is 37.7 Å². The number of para-hydroxylation sites is 2.